The van der Waals surface area contributed by atoms with E-state index in [4.69, 9.17) is 0 Å². The first-order valence-electron chi connectivity index (χ1n) is 5.80. The quantitative estimate of drug-likeness (QED) is 0.882. The van der Waals surface area contributed by atoms with E-state index >= 15 is 0 Å². The highest BCUT2D eigenvalue weighted by atomic mass is 15.3. The molecule has 17 heavy (non-hydrogen) atoms. The zero-order valence-corrected chi connectivity index (χ0v) is 11.0. The Labute approximate surface area is 101 Å². The van der Waals surface area contributed by atoms with E-state index in [-0.39, 0.29) is 0 Å². The Kier molecular flexibility index (Phi) is 2.92. The number of rotatable bonds is 3. The van der Waals surface area contributed by atoms with E-state index in [9.17, 15) is 0 Å². The van der Waals surface area contributed by atoms with E-state index in [1.165, 1.54) is 0 Å². The summed E-state index contributed by atoms with van der Waals surface area (Å²) in [6, 6.07) is 0.354. The van der Waals surface area contributed by atoms with E-state index in [0.717, 1.165) is 23.0 Å². The Morgan fingerprint density at radius 2 is 1.94 bits per heavy atom. The standard InChI is InChI=1S/C12H19N5/c1-8(2)13-12-14-9(3)6-17(12)11-7-16(5)15-10(11)4/h6-8H,1-5H3,(H,13,14). The van der Waals surface area contributed by atoms with Crippen molar-refractivity contribution in [2.75, 3.05) is 5.32 Å². The van der Waals surface area contributed by atoms with Gasteiger partial charge in [0.25, 0.3) is 0 Å². The molecular formula is C12H19N5. The van der Waals surface area contributed by atoms with Crippen LogP contribution in [0, 0.1) is 13.8 Å². The molecule has 5 nitrogen and oxygen atoms in total. The van der Waals surface area contributed by atoms with Crippen LogP contribution >= 0.6 is 0 Å². The number of hydrogen-bond acceptors (Lipinski definition) is 3. The lowest BCUT2D eigenvalue weighted by Crippen LogP contribution is -2.14. The van der Waals surface area contributed by atoms with Crippen molar-refractivity contribution in [2.45, 2.75) is 33.7 Å². The lowest BCUT2D eigenvalue weighted by atomic mass is 10.4. The summed E-state index contributed by atoms with van der Waals surface area (Å²) in [5, 5.41) is 7.70. The molecule has 0 radical (unpaired) electrons. The fraction of sp³-hybridized carbons (Fsp3) is 0.500. The lowest BCUT2D eigenvalue weighted by molar-refractivity contribution is 0.756. The Hall–Kier alpha value is -1.78. The molecule has 2 aromatic rings. The average molecular weight is 233 g/mol. The van der Waals surface area contributed by atoms with Gasteiger partial charge in [0.1, 0.15) is 0 Å². The summed E-state index contributed by atoms with van der Waals surface area (Å²) in [5.41, 5.74) is 3.06. The van der Waals surface area contributed by atoms with Gasteiger partial charge in [-0.3, -0.25) is 9.25 Å². The molecule has 1 N–H and O–H groups in total. The summed E-state index contributed by atoms with van der Waals surface area (Å²) >= 11 is 0. The predicted molar refractivity (Wildman–Crippen MR) is 68.6 cm³/mol. The van der Waals surface area contributed by atoms with Crippen molar-refractivity contribution in [2.24, 2.45) is 7.05 Å². The van der Waals surface area contributed by atoms with Gasteiger partial charge in [0.15, 0.2) is 0 Å². The third-order valence-corrected chi connectivity index (χ3v) is 2.49. The highest BCUT2D eigenvalue weighted by molar-refractivity contribution is 5.44. The molecule has 0 aromatic carbocycles. The number of nitrogens with zero attached hydrogens (tertiary/aromatic N) is 4. The fourth-order valence-electron chi connectivity index (χ4n) is 1.87. The second kappa shape index (κ2) is 4.24. The Morgan fingerprint density at radius 1 is 1.24 bits per heavy atom. The number of anilines is 1. The van der Waals surface area contributed by atoms with Crippen molar-refractivity contribution in [1.29, 1.82) is 0 Å². The van der Waals surface area contributed by atoms with Gasteiger partial charge in [0.2, 0.25) is 5.95 Å². The second-order valence-electron chi connectivity index (χ2n) is 4.65. The van der Waals surface area contributed by atoms with Gasteiger partial charge in [-0.2, -0.15) is 5.10 Å². The molecule has 92 valence electrons. The molecule has 0 aliphatic rings. The predicted octanol–water partition coefficient (Wildman–Crippen LogP) is 2.04. The van der Waals surface area contributed by atoms with E-state index in [1.54, 1.807) is 0 Å². The Bertz CT molecular complexity index is 521. The van der Waals surface area contributed by atoms with Crippen molar-refractivity contribution in [3.63, 3.8) is 0 Å². The molecular weight excluding hydrogens is 214 g/mol. The first kappa shape index (κ1) is 11.7. The number of hydrogen-bond donors (Lipinski definition) is 1. The van der Waals surface area contributed by atoms with Gasteiger partial charge in [-0.15, -0.1) is 0 Å². The summed E-state index contributed by atoms with van der Waals surface area (Å²) in [6.07, 6.45) is 4.02. The van der Waals surface area contributed by atoms with Crippen LogP contribution < -0.4 is 5.32 Å². The molecule has 0 saturated heterocycles. The van der Waals surface area contributed by atoms with E-state index in [1.807, 2.05) is 38.0 Å². The second-order valence-corrected chi connectivity index (χ2v) is 4.65. The molecule has 5 heteroatoms. The van der Waals surface area contributed by atoms with Crippen molar-refractivity contribution in [3.05, 3.63) is 23.8 Å². The molecule has 2 aromatic heterocycles. The van der Waals surface area contributed by atoms with Crippen LogP contribution in [0.4, 0.5) is 5.95 Å². The third-order valence-electron chi connectivity index (χ3n) is 2.49. The van der Waals surface area contributed by atoms with Crippen molar-refractivity contribution < 1.29 is 0 Å². The molecule has 0 atom stereocenters. The van der Waals surface area contributed by atoms with Crippen LogP contribution in [0.3, 0.4) is 0 Å². The van der Waals surface area contributed by atoms with Crippen molar-refractivity contribution in [1.82, 2.24) is 19.3 Å². The summed E-state index contributed by atoms with van der Waals surface area (Å²) in [7, 11) is 1.93. The number of aromatic nitrogens is 4. The summed E-state index contributed by atoms with van der Waals surface area (Å²) in [4.78, 5) is 4.49. The first-order chi connectivity index (χ1) is 7.97. The molecule has 0 spiro atoms. The zero-order chi connectivity index (χ0) is 12.6. The minimum absolute atomic E-state index is 0.354. The van der Waals surface area contributed by atoms with Crippen molar-refractivity contribution >= 4 is 5.95 Å². The average Bonchev–Trinajstić information content (AvgIpc) is 2.69. The monoisotopic (exact) mass is 233 g/mol. The van der Waals surface area contributed by atoms with Crippen LogP contribution in [0.5, 0.6) is 0 Å². The number of nitrogens with one attached hydrogen (secondary N) is 1. The highest BCUT2D eigenvalue weighted by Gasteiger charge is 2.12. The number of imidazole rings is 1. The van der Waals surface area contributed by atoms with Gasteiger partial charge in [0.05, 0.1) is 17.1 Å². The van der Waals surface area contributed by atoms with Crippen molar-refractivity contribution in [3.8, 4) is 5.69 Å². The number of aryl methyl sites for hydroxylation is 3. The largest absolute Gasteiger partial charge is 0.353 e. The van der Waals surface area contributed by atoms with Gasteiger partial charge < -0.3 is 5.32 Å². The van der Waals surface area contributed by atoms with Crippen LogP contribution in [0.1, 0.15) is 25.2 Å². The maximum absolute atomic E-state index is 4.49. The van der Waals surface area contributed by atoms with E-state index in [2.05, 4.69) is 33.8 Å². The maximum atomic E-state index is 4.49. The van der Waals surface area contributed by atoms with Crippen LogP contribution in [0.2, 0.25) is 0 Å². The summed E-state index contributed by atoms with van der Waals surface area (Å²) < 4.78 is 3.87. The molecule has 0 bridgehead atoms. The first-order valence-corrected chi connectivity index (χ1v) is 5.80. The van der Waals surface area contributed by atoms with Crippen LogP contribution in [-0.4, -0.2) is 25.4 Å². The van der Waals surface area contributed by atoms with Gasteiger partial charge in [-0.05, 0) is 27.7 Å². The molecule has 0 aliphatic heterocycles. The minimum Gasteiger partial charge on any atom is -0.353 e. The van der Waals surface area contributed by atoms with Gasteiger partial charge in [-0.25, -0.2) is 4.98 Å². The lowest BCUT2D eigenvalue weighted by Gasteiger charge is -2.11. The molecule has 0 aliphatic carbocycles. The summed E-state index contributed by atoms with van der Waals surface area (Å²) in [5.74, 6) is 0.869. The SMILES string of the molecule is Cc1cn(-c2cn(C)nc2C)c(NC(C)C)n1. The molecule has 2 rings (SSSR count). The Morgan fingerprint density at radius 3 is 2.47 bits per heavy atom. The smallest absolute Gasteiger partial charge is 0.208 e. The van der Waals surface area contributed by atoms with E-state index in [0.29, 0.717) is 6.04 Å². The van der Waals surface area contributed by atoms with Gasteiger partial charge in [-0.1, -0.05) is 0 Å². The normalized spacial score (nSPS) is 11.2. The molecule has 0 saturated carbocycles. The minimum atomic E-state index is 0.354. The Balaban J connectivity index is 2.47. The highest BCUT2D eigenvalue weighted by Crippen LogP contribution is 2.19. The summed E-state index contributed by atoms with van der Waals surface area (Å²) in [6.45, 7) is 8.20. The molecule has 0 amide bonds. The van der Waals surface area contributed by atoms with E-state index < -0.39 is 0 Å². The van der Waals surface area contributed by atoms with Crippen LogP contribution in [0.25, 0.3) is 5.69 Å². The van der Waals surface area contributed by atoms with Gasteiger partial charge >= 0.3 is 0 Å². The molecule has 0 fully saturated rings. The molecule has 2 heterocycles. The van der Waals surface area contributed by atoms with Gasteiger partial charge in [0, 0.05) is 25.5 Å². The molecule has 0 unspecified atom stereocenters. The zero-order valence-electron chi connectivity index (χ0n) is 11.0. The van der Waals surface area contributed by atoms with Crippen LogP contribution in [-0.2, 0) is 7.05 Å². The third kappa shape index (κ3) is 2.33. The van der Waals surface area contributed by atoms with Crippen LogP contribution in [0.15, 0.2) is 12.4 Å². The fourth-order valence-corrected chi connectivity index (χ4v) is 1.87. The topological polar surface area (TPSA) is 47.7 Å². The maximum Gasteiger partial charge on any atom is 0.208 e.